The Balaban J connectivity index is 2.50. The maximum absolute atomic E-state index is 9.20. The molecule has 0 saturated heterocycles. The first kappa shape index (κ1) is 14.0. The fraction of sp³-hybridized carbons (Fsp3) is 0.308. The van der Waals surface area contributed by atoms with Crippen molar-refractivity contribution in [2.24, 2.45) is 5.92 Å². The second kappa shape index (κ2) is 5.72. The highest BCUT2D eigenvalue weighted by Crippen LogP contribution is 2.24. The summed E-state index contributed by atoms with van der Waals surface area (Å²) >= 11 is 9.54. The van der Waals surface area contributed by atoms with E-state index in [0.717, 1.165) is 4.47 Å². The molecule has 0 unspecified atom stereocenters. The van der Waals surface area contributed by atoms with Gasteiger partial charge >= 0.3 is 0 Å². The number of pyridine rings is 1. The molecule has 4 nitrogen and oxygen atoms in total. The molecule has 98 valence electrons. The number of rotatable bonds is 3. The van der Waals surface area contributed by atoms with Crippen LogP contribution in [0, 0.1) is 17.2 Å². The van der Waals surface area contributed by atoms with E-state index in [9.17, 15) is 5.26 Å². The Morgan fingerprint density at radius 2 is 2.21 bits per heavy atom. The topological polar surface area (TPSA) is 54.5 Å². The maximum atomic E-state index is 9.20. The molecule has 2 aromatic heterocycles. The van der Waals surface area contributed by atoms with Gasteiger partial charge in [0.15, 0.2) is 11.0 Å². The molecular formula is C13H12BrClN4. The molecule has 0 radical (unpaired) electrons. The van der Waals surface area contributed by atoms with Gasteiger partial charge < -0.3 is 0 Å². The summed E-state index contributed by atoms with van der Waals surface area (Å²) in [7, 11) is 0. The molecule has 2 heterocycles. The number of nitrogens with zero attached hydrogens (tertiary/aromatic N) is 4. The van der Waals surface area contributed by atoms with Gasteiger partial charge in [0.25, 0.3) is 0 Å². The van der Waals surface area contributed by atoms with E-state index < -0.39 is 0 Å². The minimum Gasteiger partial charge on any atom is -0.236 e. The van der Waals surface area contributed by atoms with E-state index in [1.54, 1.807) is 12.3 Å². The average molecular weight is 340 g/mol. The second-order valence-electron chi connectivity index (χ2n) is 4.57. The number of hydrogen-bond donors (Lipinski definition) is 0. The van der Waals surface area contributed by atoms with Crippen molar-refractivity contribution in [1.82, 2.24) is 14.8 Å². The Bertz CT molecular complexity index is 625. The quantitative estimate of drug-likeness (QED) is 0.855. The van der Waals surface area contributed by atoms with Crippen LogP contribution in [-0.2, 0) is 6.42 Å². The molecule has 0 saturated carbocycles. The van der Waals surface area contributed by atoms with Crippen LogP contribution in [0.3, 0.4) is 0 Å². The highest BCUT2D eigenvalue weighted by molar-refractivity contribution is 9.10. The number of nitriles is 1. The molecule has 0 spiro atoms. The molecule has 0 aromatic carbocycles. The number of hydrogen-bond acceptors (Lipinski definition) is 3. The molecule has 19 heavy (non-hydrogen) atoms. The first-order valence-electron chi connectivity index (χ1n) is 5.82. The zero-order valence-electron chi connectivity index (χ0n) is 10.6. The Morgan fingerprint density at radius 1 is 1.47 bits per heavy atom. The monoisotopic (exact) mass is 338 g/mol. The standard InChI is InChI=1S/C13H12BrClN4/c1-8(2)5-11-10(6-16)13(15)19(18-11)12-4-3-9(14)7-17-12/h3-4,7-8H,5H2,1-2H3. The van der Waals surface area contributed by atoms with Crippen LogP contribution in [0.1, 0.15) is 25.1 Å². The molecule has 2 aromatic rings. The number of aromatic nitrogens is 3. The van der Waals surface area contributed by atoms with Crippen LogP contribution in [0.4, 0.5) is 0 Å². The fourth-order valence-corrected chi connectivity index (χ4v) is 2.24. The van der Waals surface area contributed by atoms with E-state index in [2.05, 4.69) is 45.9 Å². The normalized spacial score (nSPS) is 10.7. The lowest BCUT2D eigenvalue weighted by molar-refractivity contribution is 0.626. The van der Waals surface area contributed by atoms with Gasteiger partial charge in [0.2, 0.25) is 0 Å². The summed E-state index contributed by atoms with van der Waals surface area (Å²) in [5.41, 5.74) is 1.15. The zero-order valence-corrected chi connectivity index (χ0v) is 12.9. The van der Waals surface area contributed by atoms with Crippen LogP contribution in [0.15, 0.2) is 22.8 Å². The summed E-state index contributed by atoms with van der Waals surface area (Å²) in [6.07, 6.45) is 2.38. The summed E-state index contributed by atoms with van der Waals surface area (Å²) in [5, 5.41) is 13.9. The predicted molar refractivity (Wildman–Crippen MR) is 77.3 cm³/mol. The van der Waals surface area contributed by atoms with Crippen molar-refractivity contribution in [2.75, 3.05) is 0 Å². The van der Waals surface area contributed by atoms with E-state index in [1.807, 2.05) is 6.07 Å². The number of halogens is 2. The van der Waals surface area contributed by atoms with Gasteiger partial charge in [-0.2, -0.15) is 10.4 Å². The van der Waals surface area contributed by atoms with Crippen molar-refractivity contribution in [1.29, 1.82) is 5.26 Å². The highest BCUT2D eigenvalue weighted by atomic mass is 79.9. The predicted octanol–water partition coefficient (Wildman–Crippen LogP) is 3.75. The van der Waals surface area contributed by atoms with Crippen molar-refractivity contribution in [3.8, 4) is 11.9 Å². The minimum atomic E-state index is 0.313. The summed E-state index contributed by atoms with van der Waals surface area (Å²) < 4.78 is 2.38. The zero-order chi connectivity index (χ0) is 14.0. The van der Waals surface area contributed by atoms with Gasteiger partial charge in [-0.1, -0.05) is 25.4 Å². The Morgan fingerprint density at radius 3 is 2.74 bits per heavy atom. The Labute approximate surface area is 125 Å². The van der Waals surface area contributed by atoms with E-state index in [-0.39, 0.29) is 0 Å². The molecule has 0 N–H and O–H groups in total. The van der Waals surface area contributed by atoms with Crippen LogP contribution in [0.5, 0.6) is 0 Å². The third kappa shape index (κ3) is 2.96. The molecular weight excluding hydrogens is 328 g/mol. The minimum absolute atomic E-state index is 0.313. The van der Waals surface area contributed by atoms with Crippen LogP contribution in [0.2, 0.25) is 5.15 Å². The fourth-order valence-electron chi connectivity index (χ4n) is 1.72. The van der Waals surface area contributed by atoms with E-state index in [0.29, 0.717) is 34.6 Å². The van der Waals surface area contributed by atoms with Crippen molar-refractivity contribution in [3.63, 3.8) is 0 Å². The van der Waals surface area contributed by atoms with E-state index >= 15 is 0 Å². The van der Waals surface area contributed by atoms with Crippen LogP contribution >= 0.6 is 27.5 Å². The molecule has 0 aliphatic rings. The van der Waals surface area contributed by atoms with Crippen molar-refractivity contribution in [3.05, 3.63) is 39.2 Å². The lowest BCUT2D eigenvalue weighted by Gasteiger charge is -2.02. The maximum Gasteiger partial charge on any atom is 0.155 e. The summed E-state index contributed by atoms with van der Waals surface area (Å²) in [4.78, 5) is 4.24. The highest BCUT2D eigenvalue weighted by Gasteiger charge is 2.18. The van der Waals surface area contributed by atoms with Crippen LogP contribution < -0.4 is 0 Å². The van der Waals surface area contributed by atoms with Gasteiger partial charge in [0, 0.05) is 10.7 Å². The average Bonchev–Trinajstić information content (AvgIpc) is 2.66. The molecule has 6 heteroatoms. The van der Waals surface area contributed by atoms with Gasteiger partial charge in [-0.15, -0.1) is 0 Å². The lowest BCUT2D eigenvalue weighted by atomic mass is 10.1. The van der Waals surface area contributed by atoms with Gasteiger partial charge in [-0.3, -0.25) is 0 Å². The second-order valence-corrected chi connectivity index (χ2v) is 5.84. The lowest BCUT2D eigenvalue weighted by Crippen LogP contribution is -2.01. The Kier molecular flexibility index (Phi) is 4.23. The Hall–Kier alpha value is -1.38. The first-order valence-corrected chi connectivity index (χ1v) is 6.99. The van der Waals surface area contributed by atoms with Gasteiger partial charge in [-0.25, -0.2) is 9.67 Å². The summed E-state index contributed by atoms with van der Waals surface area (Å²) in [6, 6.07) is 5.77. The van der Waals surface area contributed by atoms with E-state index in [4.69, 9.17) is 11.6 Å². The van der Waals surface area contributed by atoms with E-state index in [1.165, 1.54) is 4.68 Å². The molecule has 0 aliphatic carbocycles. The van der Waals surface area contributed by atoms with Crippen LogP contribution in [-0.4, -0.2) is 14.8 Å². The van der Waals surface area contributed by atoms with Crippen molar-refractivity contribution < 1.29 is 0 Å². The molecule has 0 aliphatic heterocycles. The molecule has 0 amide bonds. The SMILES string of the molecule is CC(C)Cc1nn(-c2ccc(Br)cn2)c(Cl)c1C#N. The van der Waals surface area contributed by atoms with Crippen molar-refractivity contribution >= 4 is 27.5 Å². The molecule has 0 atom stereocenters. The smallest absolute Gasteiger partial charge is 0.155 e. The molecule has 0 fully saturated rings. The summed E-state index contributed by atoms with van der Waals surface area (Å²) in [5.74, 6) is 1.00. The largest absolute Gasteiger partial charge is 0.236 e. The third-order valence-electron chi connectivity index (χ3n) is 2.54. The van der Waals surface area contributed by atoms with Crippen LogP contribution in [0.25, 0.3) is 5.82 Å². The summed E-state index contributed by atoms with van der Waals surface area (Å²) in [6.45, 7) is 4.15. The molecule has 0 bridgehead atoms. The first-order chi connectivity index (χ1) is 9.02. The van der Waals surface area contributed by atoms with Gasteiger partial charge in [-0.05, 0) is 40.4 Å². The molecule has 2 rings (SSSR count). The van der Waals surface area contributed by atoms with Gasteiger partial charge in [0.1, 0.15) is 11.6 Å². The van der Waals surface area contributed by atoms with Crippen molar-refractivity contribution in [2.45, 2.75) is 20.3 Å². The third-order valence-corrected chi connectivity index (χ3v) is 3.36. The van der Waals surface area contributed by atoms with Gasteiger partial charge in [0.05, 0.1) is 5.69 Å².